The normalized spacial score (nSPS) is 10.7. The highest BCUT2D eigenvalue weighted by Crippen LogP contribution is 2.34. The van der Waals surface area contributed by atoms with Crippen molar-refractivity contribution in [3.63, 3.8) is 0 Å². The van der Waals surface area contributed by atoms with Crippen LogP contribution >= 0.6 is 23.1 Å². The fourth-order valence-corrected chi connectivity index (χ4v) is 5.19. The van der Waals surface area contributed by atoms with Crippen molar-refractivity contribution in [2.24, 2.45) is 7.05 Å². The number of Topliss-reactive ketones (excluding diaryl/α,β-unsaturated/α-hetero) is 1. The number of amides is 2. The predicted octanol–water partition coefficient (Wildman–Crippen LogP) is 3.53. The van der Waals surface area contributed by atoms with Crippen molar-refractivity contribution in [2.75, 3.05) is 17.7 Å². The molecule has 0 radical (unpaired) electrons. The Kier molecular flexibility index (Phi) is 8.99. The maximum atomic E-state index is 12.6. The van der Waals surface area contributed by atoms with Crippen LogP contribution in [0.2, 0.25) is 0 Å². The number of aryl methyl sites for hydroxylation is 1. The number of hydrogen-bond acceptors (Lipinski definition) is 9. The van der Waals surface area contributed by atoms with E-state index in [1.165, 1.54) is 6.92 Å². The zero-order valence-electron chi connectivity index (χ0n) is 20.6. The van der Waals surface area contributed by atoms with Gasteiger partial charge < -0.3 is 19.9 Å². The average Bonchev–Trinajstić information content (AvgIpc) is 3.35. The van der Waals surface area contributed by atoms with E-state index in [-0.39, 0.29) is 47.1 Å². The van der Waals surface area contributed by atoms with E-state index >= 15 is 0 Å². The maximum Gasteiger partial charge on any atom is 0.341 e. The molecule has 2 aromatic heterocycles. The average molecular weight is 530 g/mol. The zero-order valence-corrected chi connectivity index (χ0v) is 22.3. The molecular formula is C24H27N5O5S2. The lowest BCUT2D eigenvalue weighted by molar-refractivity contribution is -0.113. The number of rotatable bonds is 10. The fourth-order valence-electron chi connectivity index (χ4n) is 3.35. The Bertz CT molecular complexity index is 1310. The van der Waals surface area contributed by atoms with Crippen molar-refractivity contribution in [2.45, 2.75) is 39.4 Å². The van der Waals surface area contributed by atoms with Crippen LogP contribution in [0, 0.1) is 13.8 Å². The monoisotopic (exact) mass is 529 g/mol. The summed E-state index contributed by atoms with van der Waals surface area (Å²) in [5, 5.41) is 14.5. The summed E-state index contributed by atoms with van der Waals surface area (Å²) in [5.41, 5.74) is 2.22. The van der Waals surface area contributed by atoms with Gasteiger partial charge in [-0.1, -0.05) is 29.5 Å². The third-order valence-corrected chi connectivity index (χ3v) is 7.47. The standard InChI is InChI=1S/C24H27N5O5S2/c1-6-34-23(33)19-14(3)20(15(4)30)36-22(19)26-18(31)12-35-24-28-27-17(29(24)5)11-25-21(32)16-9-7-8-13(2)10-16/h7-10H,6,11-12H2,1-5H3,(H,25,32)(H,26,31). The number of hydrogen-bond donors (Lipinski definition) is 2. The number of aromatic nitrogens is 3. The van der Waals surface area contributed by atoms with Gasteiger partial charge in [-0.15, -0.1) is 21.5 Å². The van der Waals surface area contributed by atoms with E-state index in [1.807, 2.05) is 19.1 Å². The van der Waals surface area contributed by atoms with Gasteiger partial charge in [-0.25, -0.2) is 4.79 Å². The molecule has 0 aliphatic heterocycles. The third kappa shape index (κ3) is 6.38. The van der Waals surface area contributed by atoms with Crippen LogP contribution in [0.5, 0.6) is 0 Å². The first-order valence-corrected chi connectivity index (χ1v) is 12.9. The lowest BCUT2D eigenvalue weighted by Gasteiger charge is -2.08. The summed E-state index contributed by atoms with van der Waals surface area (Å²) in [7, 11) is 1.75. The summed E-state index contributed by atoms with van der Waals surface area (Å²) >= 11 is 2.20. The second-order valence-electron chi connectivity index (χ2n) is 7.88. The minimum Gasteiger partial charge on any atom is -0.462 e. The van der Waals surface area contributed by atoms with Crippen LogP contribution in [0.3, 0.4) is 0 Å². The lowest BCUT2D eigenvalue weighted by Crippen LogP contribution is -2.24. The van der Waals surface area contributed by atoms with Gasteiger partial charge in [0.05, 0.1) is 29.3 Å². The fraction of sp³-hybridized carbons (Fsp3) is 0.333. The van der Waals surface area contributed by atoms with Gasteiger partial charge in [0, 0.05) is 12.6 Å². The SMILES string of the molecule is CCOC(=O)c1c(NC(=O)CSc2nnc(CNC(=O)c3cccc(C)c3)n2C)sc(C(C)=O)c1C. The van der Waals surface area contributed by atoms with Crippen LogP contribution in [0.15, 0.2) is 29.4 Å². The van der Waals surface area contributed by atoms with Crippen molar-refractivity contribution < 1.29 is 23.9 Å². The van der Waals surface area contributed by atoms with Crippen LogP contribution in [0.25, 0.3) is 0 Å². The highest BCUT2D eigenvalue weighted by molar-refractivity contribution is 7.99. The number of ether oxygens (including phenoxy) is 1. The maximum absolute atomic E-state index is 12.6. The molecule has 0 spiro atoms. The molecule has 0 aliphatic rings. The number of anilines is 1. The molecule has 0 fully saturated rings. The molecule has 1 aromatic carbocycles. The van der Waals surface area contributed by atoms with Gasteiger partial charge in [0.2, 0.25) is 5.91 Å². The van der Waals surface area contributed by atoms with Crippen molar-refractivity contribution in [1.29, 1.82) is 0 Å². The quantitative estimate of drug-likeness (QED) is 0.232. The van der Waals surface area contributed by atoms with Crippen molar-refractivity contribution in [3.8, 4) is 0 Å². The molecule has 0 bridgehead atoms. The molecule has 0 aliphatic carbocycles. The van der Waals surface area contributed by atoms with E-state index in [9.17, 15) is 19.2 Å². The molecule has 10 nitrogen and oxygen atoms in total. The Hall–Kier alpha value is -3.51. The van der Waals surface area contributed by atoms with Gasteiger partial charge in [-0.3, -0.25) is 14.4 Å². The van der Waals surface area contributed by atoms with Crippen molar-refractivity contribution in [1.82, 2.24) is 20.1 Å². The largest absolute Gasteiger partial charge is 0.462 e. The van der Waals surface area contributed by atoms with Crippen LogP contribution in [0.1, 0.15) is 61.2 Å². The number of carbonyl (C=O) groups excluding carboxylic acids is 4. The van der Waals surface area contributed by atoms with Crippen LogP contribution < -0.4 is 10.6 Å². The third-order valence-electron chi connectivity index (χ3n) is 5.14. The van der Waals surface area contributed by atoms with E-state index in [2.05, 4.69) is 20.8 Å². The molecule has 12 heteroatoms. The molecule has 3 aromatic rings. The van der Waals surface area contributed by atoms with Gasteiger partial charge in [-0.2, -0.15) is 0 Å². The van der Waals surface area contributed by atoms with Crippen LogP contribution in [0.4, 0.5) is 5.00 Å². The molecule has 3 rings (SSSR count). The van der Waals surface area contributed by atoms with Crippen LogP contribution in [-0.2, 0) is 23.1 Å². The van der Waals surface area contributed by atoms with Gasteiger partial charge in [0.25, 0.3) is 5.91 Å². The number of thioether (sulfide) groups is 1. The van der Waals surface area contributed by atoms with Gasteiger partial charge in [0.1, 0.15) is 5.00 Å². The Morgan fingerprint density at radius 2 is 1.92 bits per heavy atom. The second-order valence-corrected chi connectivity index (χ2v) is 9.85. The lowest BCUT2D eigenvalue weighted by atomic mass is 10.1. The first-order valence-electron chi connectivity index (χ1n) is 11.1. The summed E-state index contributed by atoms with van der Waals surface area (Å²) in [6.07, 6.45) is 0. The highest BCUT2D eigenvalue weighted by atomic mass is 32.2. The topological polar surface area (TPSA) is 132 Å². The van der Waals surface area contributed by atoms with E-state index in [0.717, 1.165) is 28.7 Å². The summed E-state index contributed by atoms with van der Waals surface area (Å²) in [6.45, 7) is 7.01. The van der Waals surface area contributed by atoms with E-state index in [4.69, 9.17) is 4.74 Å². The zero-order chi connectivity index (χ0) is 26.4. The predicted molar refractivity (Wildman–Crippen MR) is 138 cm³/mol. The molecular weight excluding hydrogens is 502 g/mol. The summed E-state index contributed by atoms with van der Waals surface area (Å²) in [5.74, 6) is -0.853. The summed E-state index contributed by atoms with van der Waals surface area (Å²) in [6, 6.07) is 7.27. The van der Waals surface area contributed by atoms with Gasteiger partial charge in [-0.05, 0) is 45.4 Å². The van der Waals surface area contributed by atoms with Crippen LogP contribution in [-0.4, -0.2) is 50.7 Å². The first kappa shape index (κ1) is 27.1. The number of esters is 1. The molecule has 2 amide bonds. The second kappa shape index (κ2) is 12.0. The number of carbonyl (C=O) groups is 4. The molecule has 2 heterocycles. The van der Waals surface area contributed by atoms with Gasteiger partial charge >= 0.3 is 5.97 Å². The Labute approximate surface area is 216 Å². The molecule has 0 atom stereocenters. The van der Waals surface area contributed by atoms with Crippen molar-refractivity contribution >= 4 is 51.7 Å². The van der Waals surface area contributed by atoms with E-state index < -0.39 is 5.97 Å². The number of ketones is 1. The molecule has 2 N–H and O–H groups in total. The summed E-state index contributed by atoms with van der Waals surface area (Å²) < 4.78 is 6.79. The Balaban J connectivity index is 1.62. The van der Waals surface area contributed by atoms with E-state index in [1.54, 1.807) is 37.6 Å². The molecule has 0 saturated heterocycles. The number of thiophene rings is 1. The molecule has 36 heavy (non-hydrogen) atoms. The molecule has 0 unspecified atom stereocenters. The Morgan fingerprint density at radius 3 is 2.58 bits per heavy atom. The number of benzene rings is 1. The number of nitrogens with one attached hydrogen (secondary N) is 2. The van der Waals surface area contributed by atoms with Crippen molar-refractivity contribution in [3.05, 3.63) is 57.2 Å². The molecule has 190 valence electrons. The van der Waals surface area contributed by atoms with E-state index in [0.29, 0.717) is 27.0 Å². The minimum absolute atomic E-state index is 0.00373. The minimum atomic E-state index is -0.590. The highest BCUT2D eigenvalue weighted by Gasteiger charge is 2.25. The first-order chi connectivity index (χ1) is 17.1. The Morgan fingerprint density at radius 1 is 1.17 bits per heavy atom. The molecule has 0 saturated carbocycles. The smallest absolute Gasteiger partial charge is 0.341 e. The summed E-state index contributed by atoms with van der Waals surface area (Å²) in [4.78, 5) is 49.8. The van der Waals surface area contributed by atoms with Gasteiger partial charge in [0.15, 0.2) is 16.8 Å². The number of nitrogens with zero attached hydrogens (tertiary/aromatic N) is 3.